The van der Waals surface area contributed by atoms with E-state index in [9.17, 15) is 0 Å². The fourth-order valence-corrected chi connectivity index (χ4v) is 5.67. The molecule has 2 atom stereocenters. The molecule has 0 unspecified atom stereocenters. The summed E-state index contributed by atoms with van der Waals surface area (Å²) in [5.74, 6) is 0.789. The van der Waals surface area contributed by atoms with Crippen molar-refractivity contribution in [1.29, 1.82) is 0 Å². The van der Waals surface area contributed by atoms with Crippen LogP contribution in [0.25, 0.3) is 22.2 Å². The van der Waals surface area contributed by atoms with E-state index in [1.807, 2.05) is 6.20 Å². The van der Waals surface area contributed by atoms with Gasteiger partial charge in [-0.1, -0.05) is 36.4 Å². The number of hydrogen-bond donors (Lipinski definition) is 1. The molecule has 162 valence electrons. The zero-order valence-corrected chi connectivity index (χ0v) is 18.6. The Labute approximate surface area is 189 Å². The summed E-state index contributed by atoms with van der Waals surface area (Å²) < 4.78 is 2.31. The second-order valence-corrected chi connectivity index (χ2v) is 9.42. The van der Waals surface area contributed by atoms with Gasteiger partial charge in [0.05, 0.1) is 17.6 Å². The van der Waals surface area contributed by atoms with Gasteiger partial charge in [0, 0.05) is 41.3 Å². The topological polar surface area (TPSA) is 33.1 Å². The van der Waals surface area contributed by atoms with Gasteiger partial charge in [-0.25, -0.2) is 0 Å². The van der Waals surface area contributed by atoms with Crippen molar-refractivity contribution in [2.45, 2.75) is 38.4 Å². The first-order valence-corrected chi connectivity index (χ1v) is 11.8. The second kappa shape index (κ2) is 8.10. The summed E-state index contributed by atoms with van der Waals surface area (Å²) in [5, 5.41) is 5.04. The van der Waals surface area contributed by atoms with Crippen LogP contribution in [0.4, 0.5) is 5.69 Å². The Kier molecular flexibility index (Phi) is 4.95. The normalized spacial score (nSPS) is 24.7. The minimum absolute atomic E-state index is 0.533. The van der Waals surface area contributed by atoms with Gasteiger partial charge in [-0.05, 0) is 74.7 Å². The lowest BCUT2D eigenvalue weighted by Gasteiger charge is -2.50. The SMILES string of the molecule is C[C@@H]1[C@H](Nc2ccc(-c3ccc4c(ccn4Cc4ccccc4)c3)nc2)C2CCN1CC2. The lowest BCUT2D eigenvalue weighted by atomic mass is 9.79. The standard InChI is InChI=1S/C28H30N4/c1-20-28(22-11-14-31(20)15-12-22)30-25-8-9-26(29-18-25)23-7-10-27-24(17-23)13-16-32(27)19-21-5-3-2-4-6-21/h2-10,13,16-18,20,22,28,30H,11-12,14-15,19H2,1H3/t20-,28+/m1/s1. The molecule has 2 aromatic carbocycles. The summed E-state index contributed by atoms with van der Waals surface area (Å²) in [5.41, 5.74) is 5.89. The molecule has 0 aliphatic carbocycles. The fraction of sp³-hybridized carbons (Fsp3) is 0.321. The molecule has 0 amide bonds. The van der Waals surface area contributed by atoms with E-state index >= 15 is 0 Å². The third kappa shape index (κ3) is 3.59. The van der Waals surface area contributed by atoms with Crippen LogP contribution in [0, 0.1) is 5.92 Å². The molecule has 4 nitrogen and oxygen atoms in total. The Hall–Kier alpha value is -3.11. The summed E-state index contributed by atoms with van der Waals surface area (Å²) in [6, 6.07) is 24.9. The Balaban J connectivity index is 1.20. The highest BCUT2D eigenvalue weighted by molar-refractivity contribution is 5.85. The van der Waals surface area contributed by atoms with Crippen molar-refractivity contribution in [3.63, 3.8) is 0 Å². The average molecular weight is 423 g/mol. The van der Waals surface area contributed by atoms with Gasteiger partial charge in [-0.2, -0.15) is 0 Å². The van der Waals surface area contributed by atoms with Gasteiger partial charge in [0.25, 0.3) is 0 Å². The molecule has 4 heteroatoms. The summed E-state index contributed by atoms with van der Waals surface area (Å²) in [7, 11) is 0. The number of benzene rings is 2. The van der Waals surface area contributed by atoms with Gasteiger partial charge in [0.1, 0.15) is 0 Å². The van der Waals surface area contributed by atoms with E-state index in [1.165, 1.54) is 42.4 Å². The Morgan fingerprint density at radius 1 is 0.969 bits per heavy atom. The van der Waals surface area contributed by atoms with Crippen LogP contribution in [-0.2, 0) is 6.54 Å². The number of nitrogens with zero attached hydrogens (tertiary/aromatic N) is 3. The molecule has 32 heavy (non-hydrogen) atoms. The van der Waals surface area contributed by atoms with Gasteiger partial charge in [-0.15, -0.1) is 0 Å². The van der Waals surface area contributed by atoms with E-state index in [0.717, 1.165) is 29.4 Å². The third-order valence-corrected chi connectivity index (χ3v) is 7.54. The fourth-order valence-electron chi connectivity index (χ4n) is 5.67. The molecule has 3 fully saturated rings. The molecule has 3 aliphatic rings. The monoisotopic (exact) mass is 422 g/mol. The predicted molar refractivity (Wildman–Crippen MR) is 132 cm³/mol. The molecule has 2 bridgehead atoms. The summed E-state index contributed by atoms with van der Waals surface area (Å²) in [6.45, 7) is 5.78. The smallest absolute Gasteiger partial charge is 0.0703 e. The van der Waals surface area contributed by atoms with Crippen LogP contribution in [0.1, 0.15) is 25.3 Å². The predicted octanol–water partition coefficient (Wildman–Crippen LogP) is 5.65. The maximum absolute atomic E-state index is 4.80. The quantitative estimate of drug-likeness (QED) is 0.451. The highest BCUT2D eigenvalue weighted by Crippen LogP contribution is 2.34. The molecular weight excluding hydrogens is 392 g/mol. The largest absolute Gasteiger partial charge is 0.379 e. The number of anilines is 1. The Morgan fingerprint density at radius 2 is 1.81 bits per heavy atom. The van der Waals surface area contributed by atoms with Crippen molar-refractivity contribution in [1.82, 2.24) is 14.5 Å². The van der Waals surface area contributed by atoms with E-state index in [2.05, 4.69) is 94.6 Å². The number of nitrogens with one attached hydrogen (secondary N) is 1. The summed E-state index contributed by atoms with van der Waals surface area (Å²) in [4.78, 5) is 7.42. The Bertz CT molecular complexity index is 1200. The van der Waals surface area contributed by atoms with Crippen molar-refractivity contribution >= 4 is 16.6 Å². The molecule has 7 rings (SSSR count). The van der Waals surface area contributed by atoms with Crippen LogP contribution in [0.3, 0.4) is 0 Å². The number of pyridine rings is 1. The molecule has 5 heterocycles. The first-order valence-electron chi connectivity index (χ1n) is 11.8. The summed E-state index contributed by atoms with van der Waals surface area (Å²) >= 11 is 0. The first-order chi connectivity index (χ1) is 15.7. The van der Waals surface area contributed by atoms with Gasteiger partial charge in [0.2, 0.25) is 0 Å². The first kappa shape index (κ1) is 19.6. The van der Waals surface area contributed by atoms with E-state index in [4.69, 9.17) is 4.98 Å². The van der Waals surface area contributed by atoms with Crippen LogP contribution in [0.15, 0.2) is 79.1 Å². The molecule has 0 saturated carbocycles. The second-order valence-electron chi connectivity index (χ2n) is 9.42. The minimum Gasteiger partial charge on any atom is -0.379 e. The van der Waals surface area contributed by atoms with Gasteiger partial charge >= 0.3 is 0 Å². The van der Waals surface area contributed by atoms with Crippen LogP contribution in [-0.4, -0.2) is 39.6 Å². The summed E-state index contributed by atoms with van der Waals surface area (Å²) in [6.07, 6.45) is 6.82. The van der Waals surface area contributed by atoms with Gasteiger partial charge in [0.15, 0.2) is 0 Å². The number of fused-ring (bicyclic) bond motifs is 4. The van der Waals surface area contributed by atoms with Crippen molar-refractivity contribution in [3.8, 4) is 11.3 Å². The number of aromatic nitrogens is 2. The number of piperidine rings is 3. The third-order valence-electron chi connectivity index (χ3n) is 7.54. The van der Waals surface area contributed by atoms with Crippen LogP contribution >= 0.6 is 0 Å². The molecule has 3 aliphatic heterocycles. The van der Waals surface area contributed by atoms with Crippen molar-refractivity contribution in [2.24, 2.45) is 5.92 Å². The lowest BCUT2D eigenvalue weighted by Crippen LogP contribution is -2.59. The van der Waals surface area contributed by atoms with Crippen molar-refractivity contribution in [2.75, 3.05) is 18.4 Å². The lowest BCUT2D eigenvalue weighted by molar-refractivity contribution is 0.0458. The van der Waals surface area contributed by atoms with Gasteiger partial charge in [-0.3, -0.25) is 9.88 Å². The molecule has 2 aromatic heterocycles. The molecule has 3 saturated heterocycles. The molecule has 0 spiro atoms. The van der Waals surface area contributed by atoms with E-state index in [1.54, 1.807) is 0 Å². The highest BCUT2D eigenvalue weighted by Gasteiger charge is 2.39. The Morgan fingerprint density at radius 3 is 2.56 bits per heavy atom. The maximum atomic E-state index is 4.80. The van der Waals surface area contributed by atoms with E-state index in [0.29, 0.717) is 12.1 Å². The number of rotatable bonds is 5. The van der Waals surface area contributed by atoms with E-state index < -0.39 is 0 Å². The molecule has 0 radical (unpaired) electrons. The zero-order chi connectivity index (χ0) is 21.5. The maximum Gasteiger partial charge on any atom is 0.0703 e. The van der Waals surface area contributed by atoms with E-state index in [-0.39, 0.29) is 0 Å². The zero-order valence-electron chi connectivity index (χ0n) is 18.6. The van der Waals surface area contributed by atoms with Gasteiger partial charge < -0.3 is 9.88 Å². The van der Waals surface area contributed by atoms with Crippen LogP contribution in [0.2, 0.25) is 0 Å². The molecule has 4 aromatic rings. The minimum atomic E-state index is 0.533. The van der Waals surface area contributed by atoms with Crippen LogP contribution < -0.4 is 5.32 Å². The number of hydrogen-bond acceptors (Lipinski definition) is 3. The van der Waals surface area contributed by atoms with Crippen molar-refractivity contribution in [3.05, 3.63) is 84.7 Å². The van der Waals surface area contributed by atoms with Crippen LogP contribution in [0.5, 0.6) is 0 Å². The average Bonchev–Trinajstić information content (AvgIpc) is 3.24. The van der Waals surface area contributed by atoms with Crippen molar-refractivity contribution < 1.29 is 0 Å². The molecule has 1 N–H and O–H groups in total. The molecular formula is C28H30N4. The highest BCUT2D eigenvalue weighted by atomic mass is 15.2.